The number of nitrogens with zero attached hydrogens (tertiary/aromatic N) is 3. The van der Waals surface area contributed by atoms with Gasteiger partial charge in [-0.2, -0.15) is 9.36 Å². The molecule has 4 aromatic rings. The highest BCUT2D eigenvalue weighted by atomic mass is 35.5. The number of anilines is 1. The van der Waals surface area contributed by atoms with Crippen LogP contribution in [0.1, 0.15) is 10.6 Å². The van der Waals surface area contributed by atoms with Crippen LogP contribution in [0.15, 0.2) is 59.1 Å². The smallest absolute Gasteiger partial charge is 0.296 e. The highest BCUT2D eigenvalue weighted by molar-refractivity contribution is 7.10. The standard InChI is InChI=1S/C19H13ClN4O3S/c1-26-14-7-3-5-12(9-14)17-21-19(28-24-17)22-18(25)16-10-15(23-27-16)11-4-2-6-13(20)8-11/h2-10H,1H3,(H,21,22,24,25). The summed E-state index contributed by atoms with van der Waals surface area (Å²) in [4.78, 5) is 16.8. The summed E-state index contributed by atoms with van der Waals surface area (Å²) in [5, 5.41) is 7.51. The molecule has 0 atom stereocenters. The molecule has 1 amide bonds. The number of carbonyl (C=O) groups excluding carboxylic acids is 1. The van der Waals surface area contributed by atoms with Crippen LogP contribution >= 0.6 is 23.1 Å². The van der Waals surface area contributed by atoms with Gasteiger partial charge in [0.1, 0.15) is 11.4 Å². The number of carbonyl (C=O) groups is 1. The van der Waals surface area contributed by atoms with E-state index in [1.54, 1.807) is 31.4 Å². The van der Waals surface area contributed by atoms with Gasteiger partial charge >= 0.3 is 0 Å². The average molecular weight is 413 g/mol. The van der Waals surface area contributed by atoms with E-state index in [1.807, 2.05) is 30.3 Å². The summed E-state index contributed by atoms with van der Waals surface area (Å²) in [6.45, 7) is 0. The molecule has 7 nitrogen and oxygen atoms in total. The predicted molar refractivity (Wildman–Crippen MR) is 107 cm³/mol. The lowest BCUT2D eigenvalue weighted by atomic mass is 10.1. The summed E-state index contributed by atoms with van der Waals surface area (Å²) in [5.74, 6) is 0.798. The van der Waals surface area contributed by atoms with Crippen LogP contribution in [-0.4, -0.2) is 27.5 Å². The zero-order valence-corrected chi connectivity index (χ0v) is 16.1. The zero-order valence-electron chi connectivity index (χ0n) is 14.5. The molecule has 140 valence electrons. The summed E-state index contributed by atoms with van der Waals surface area (Å²) in [5.41, 5.74) is 2.06. The van der Waals surface area contributed by atoms with Gasteiger partial charge in [-0.3, -0.25) is 10.1 Å². The largest absolute Gasteiger partial charge is 0.497 e. The molecule has 4 rings (SSSR count). The fourth-order valence-electron chi connectivity index (χ4n) is 2.48. The first-order valence-corrected chi connectivity index (χ1v) is 9.29. The Labute approximate surface area is 169 Å². The molecule has 0 aliphatic carbocycles. The summed E-state index contributed by atoms with van der Waals surface area (Å²) in [7, 11) is 1.59. The molecular weight excluding hydrogens is 400 g/mol. The monoisotopic (exact) mass is 412 g/mol. The maximum atomic E-state index is 12.4. The quantitative estimate of drug-likeness (QED) is 0.507. The lowest BCUT2D eigenvalue weighted by molar-refractivity contribution is 0.0988. The Morgan fingerprint density at radius 3 is 2.79 bits per heavy atom. The van der Waals surface area contributed by atoms with Crippen molar-refractivity contribution in [2.75, 3.05) is 12.4 Å². The lowest BCUT2D eigenvalue weighted by Crippen LogP contribution is -2.10. The van der Waals surface area contributed by atoms with Gasteiger partial charge < -0.3 is 9.26 Å². The summed E-state index contributed by atoms with van der Waals surface area (Å²) < 4.78 is 14.6. The van der Waals surface area contributed by atoms with E-state index in [9.17, 15) is 4.79 Å². The van der Waals surface area contributed by atoms with Crippen molar-refractivity contribution in [3.63, 3.8) is 0 Å². The van der Waals surface area contributed by atoms with E-state index in [4.69, 9.17) is 20.9 Å². The van der Waals surface area contributed by atoms with Gasteiger partial charge in [-0.05, 0) is 24.3 Å². The second-order valence-electron chi connectivity index (χ2n) is 5.70. The second kappa shape index (κ2) is 7.79. The van der Waals surface area contributed by atoms with Gasteiger partial charge in [0.05, 0.1) is 7.11 Å². The highest BCUT2D eigenvalue weighted by Gasteiger charge is 2.17. The van der Waals surface area contributed by atoms with E-state index in [1.165, 1.54) is 0 Å². The number of nitrogens with one attached hydrogen (secondary N) is 1. The fourth-order valence-corrected chi connectivity index (χ4v) is 3.25. The van der Waals surface area contributed by atoms with Gasteiger partial charge in [-0.1, -0.05) is 41.0 Å². The molecule has 2 heterocycles. The van der Waals surface area contributed by atoms with Crippen molar-refractivity contribution < 1.29 is 14.1 Å². The van der Waals surface area contributed by atoms with E-state index < -0.39 is 5.91 Å². The predicted octanol–water partition coefficient (Wildman–Crippen LogP) is 4.77. The van der Waals surface area contributed by atoms with Crippen molar-refractivity contribution in [2.24, 2.45) is 0 Å². The van der Waals surface area contributed by atoms with Crippen LogP contribution in [0.5, 0.6) is 5.75 Å². The number of hydrogen-bond acceptors (Lipinski definition) is 7. The minimum atomic E-state index is -0.464. The van der Waals surface area contributed by atoms with Gasteiger partial charge in [0, 0.05) is 33.7 Å². The minimum absolute atomic E-state index is 0.0631. The second-order valence-corrected chi connectivity index (χ2v) is 6.88. The molecule has 0 fully saturated rings. The first-order chi connectivity index (χ1) is 13.6. The molecule has 2 aromatic carbocycles. The first kappa shape index (κ1) is 18.1. The number of benzene rings is 2. The number of halogens is 1. The van der Waals surface area contributed by atoms with E-state index in [0.717, 1.165) is 22.7 Å². The molecule has 0 unspecified atom stereocenters. The van der Waals surface area contributed by atoms with E-state index in [2.05, 4.69) is 19.8 Å². The number of amides is 1. The van der Waals surface area contributed by atoms with Gasteiger partial charge in [-0.25, -0.2) is 0 Å². The Kier molecular flexibility index (Phi) is 5.05. The SMILES string of the molecule is COc1cccc(-c2nsc(NC(=O)c3cc(-c4cccc(Cl)c4)no3)n2)c1. The number of aromatic nitrogens is 3. The Balaban J connectivity index is 1.49. The molecule has 0 aliphatic heterocycles. The highest BCUT2D eigenvalue weighted by Crippen LogP contribution is 2.26. The van der Waals surface area contributed by atoms with Crippen LogP contribution in [0.3, 0.4) is 0 Å². The van der Waals surface area contributed by atoms with Gasteiger partial charge in [0.2, 0.25) is 10.9 Å². The van der Waals surface area contributed by atoms with Crippen LogP contribution in [0.25, 0.3) is 22.6 Å². The van der Waals surface area contributed by atoms with Crippen molar-refractivity contribution in [3.05, 3.63) is 65.4 Å². The normalized spacial score (nSPS) is 10.6. The third kappa shape index (κ3) is 3.88. The Morgan fingerprint density at radius 2 is 1.96 bits per heavy atom. The van der Waals surface area contributed by atoms with E-state index >= 15 is 0 Å². The van der Waals surface area contributed by atoms with E-state index in [0.29, 0.717) is 27.4 Å². The number of ether oxygens (including phenoxy) is 1. The Bertz CT molecular complexity index is 1140. The molecule has 0 spiro atoms. The molecule has 28 heavy (non-hydrogen) atoms. The third-order valence-electron chi connectivity index (χ3n) is 3.83. The van der Waals surface area contributed by atoms with Crippen molar-refractivity contribution >= 4 is 34.2 Å². The van der Waals surface area contributed by atoms with Crippen LogP contribution in [0.4, 0.5) is 5.13 Å². The van der Waals surface area contributed by atoms with Gasteiger partial charge in [0.15, 0.2) is 5.82 Å². The average Bonchev–Trinajstić information content (AvgIpc) is 3.38. The number of methoxy groups -OCH3 is 1. The maximum absolute atomic E-state index is 12.4. The lowest BCUT2D eigenvalue weighted by Gasteiger charge is -2.00. The van der Waals surface area contributed by atoms with Crippen LogP contribution < -0.4 is 10.1 Å². The molecule has 0 saturated heterocycles. The molecule has 9 heteroatoms. The van der Waals surface area contributed by atoms with Crippen LogP contribution in [0.2, 0.25) is 5.02 Å². The topological polar surface area (TPSA) is 90.1 Å². The molecular formula is C19H13ClN4O3S. The number of rotatable bonds is 5. The van der Waals surface area contributed by atoms with Crippen molar-refractivity contribution in [3.8, 4) is 28.4 Å². The summed E-state index contributed by atoms with van der Waals surface area (Å²) in [6, 6.07) is 16.0. The van der Waals surface area contributed by atoms with Gasteiger partial charge in [-0.15, -0.1) is 0 Å². The van der Waals surface area contributed by atoms with E-state index in [-0.39, 0.29) is 5.76 Å². The molecule has 1 N–H and O–H groups in total. The van der Waals surface area contributed by atoms with Crippen molar-refractivity contribution in [2.45, 2.75) is 0 Å². The Hall–Kier alpha value is -3.23. The number of hydrogen-bond donors (Lipinski definition) is 1. The van der Waals surface area contributed by atoms with Crippen molar-refractivity contribution in [1.82, 2.24) is 14.5 Å². The first-order valence-electron chi connectivity index (χ1n) is 8.14. The molecule has 0 radical (unpaired) electrons. The third-order valence-corrected chi connectivity index (χ3v) is 4.69. The molecule has 2 aromatic heterocycles. The fraction of sp³-hybridized carbons (Fsp3) is 0.0526. The molecule has 0 aliphatic rings. The maximum Gasteiger partial charge on any atom is 0.296 e. The summed E-state index contributed by atoms with van der Waals surface area (Å²) >= 11 is 7.06. The molecule has 0 bridgehead atoms. The van der Waals surface area contributed by atoms with Crippen LogP contribution in [0, 0.1) is 0 Å². The summed E-state index contributed by atoms with van der Waals surface area (Å²) in [6.07, 6.45) is 0. The van der Waals surface area contributed by atoms with Crippen LogP contribution in [-0.2, 0) is 0 Å². The van der Waals surface area contributed by atoms with Gasteiger partial charge in [0.25, 0.3) is 5.91 Å². The molecule has 0 saturated carbocycles. The zero-order chi connectivity index (χ0) is 19.5. The van der Waals surface area contributed by atoms with Crippen molar-refractivity contribution in [1.29, 1.82) is 0 Å². The minimum Gasteiger partial charge on any atom is -0.497 e. The Morgan fingerprint density at radius 1 is 1.14 bits per heavy atom.